The van der Waals surface area contributed by atoms with Crippen molar-refractivity contribution in [3.63, 3.8) is 0 Å². The number of halogens is 2. The van der Waals surface area contributed by atoms with Crippen molar-refractivity contribution >= 4 is 23.5 Å². The Morgan fingerprint density at radius 3 is 2.48 bits per heavy atom. The number of hydrogen-bond acceptors (Lipinski definition) is 3. The van der Waals surface area contributed by atoms with Gasteiger partial charge in [-0.05, 0) is 35.6 Å². The van der Waals surface area contributed by atoms with Gasteiger partial charge in [0.15, 0.2) is 0 Å². The maximum atomic E-state index is 13.0. The van der Waals surface area contributed by atoms with E-state index >= 15 is 0 Å². The summed E-state index contributed by atoms with van der Waals surface area (Å²) in [4.78, 5) is 0. The first-order valence-electron chi connectivity index (χ1n) is 6.70. The maximum absolute atomic E-state index is 13.0. The molecule has 21 heavy (non-hydrogen) atoms. The molecule has 1 nitrogen and oxygen atoms in total. The molecule has 0 aliphatic heterocycles. The third-order valence-corrected chi connectivity index (χ3v) is 4.74. The number of aliphatic hydroxyl groups is 1. The molecule has 5 heteroatoms. The van der Waals surface area contributed by atoms with Crippen LogP contribution in [0.25, 0.3) is 0 Å². The monoisotopic (exact) mass is 330 g/mol. The Labute approximate surface area is 133 Å². The zero-order valence-corrected chi connectivity index (χ0v) is 13.4. The third-order valence-electron chi connectivity index (χ3n) is 2.61. The van der Waals surface area contributed by atoms with Crippen LogP contribution in [0.4, 0.5) is 8.78 Å². The molecule has 0 heterocycles. The van der Waals surface area contributed by atoms with E-state index in [1.165, 1.54) is 12.1 Å². The van der Waals surface area contributed by atoms with Crippen LogP contribution < -0.4 is 0 Å². The van der Waals surface area contributed by atoms with Crippen molar-refractivity contribution in [3.05, 3.63) is 60.2 Å². The summed E-state index contributed by atoms with van der Waals surface area (Å²) in [5, 5.41) is 9.89. The van der Waals surface area contributed by atoms with Crippen molar-refractivity contribution < 1.29 is 13.9 Å². The fourth-order valence-electron chi connectivity index (χ4n) is 1.62. The molecular weight excluding hydrogens is 310 g/mol. The number of aliphatic hydroxyl groups excluding tert-OH is 1. The zero-order chi connectivity index (χ0) is 15.5. The predicted molar refractivity (Wildman–Crippen MR) is 89.9 cm³/mol. The average molecular weight is 330 g/mol. The van der Waals surface area contributed by atoms with Gasteiger partial charge in [-0.1, -0.05) is 24.8 Å². The van der Waals surface area contributed by atoms with Crippen LogP contribution in [0.2, 0.25) is 0 Å². The van der Waals surface area contributed by atoms with E-state index in [-0.39, 0.29) is 0 Å². The minimum Gasteiger partial charge on any atom is -0.388 e. The second-order valence-electron chi connectivity index (χ2n) is 4.39. The molecule has 1 atom stereocenters. The highest BCUT2D eigenvalue weighted by Crippen LogP contribution is 2.21. The molecule has 0 aliphatic rings. The SMILES string of the molecule is C=C/C=C\CSCCCSCC(O)c1cc(F)cc(F)c1. The number of thioether (sulfide) groups is 2. The standard InChI is InChI=1S/C16H20F2OS2/c1-2-3-4-6-20-7-5-8-21-12-16(19)13-9-14(17)11-15(18)10-13/h2-4,9-11,16,19H,1,5-8,12H2/b4-3-. The molecule has 0 aromatic heterocycles. The van der Waals surface area contributed by atoms with Crippen LogP contribution in [0, 0.1) is 11.6 Å². The van der Waals surface area contributed by atoms with Crippen molar-refractivity contribution in [2.24, 2.45) is 0 Å². The largest absolute Gasteiger partial charge is 0.388 e. The van der Waals surface area contributed by atoms with E-state index in [4.69, 9.17) is 0 Å². The first-order valence-corrected chi connectivity index (χ1v) is 9.01. The van der Waals surface area contributed by atoms with Gasteiger partial charge in [-0.3, -0.25) is 0 Å². The summed E-state index contributed by atoms with van der Waals surface area (Å²) >= 11 is 3.44. The lowest BCUT2D eigenvalue weighted by Gasteiger charge is -2.11. The Hall–Kier alpha value is -0.780. The Morgan fingerprint density at radius 1 is 1.14 bits per heavy atom. The van der Waals surface area contributed by atoms with E-state index in [1.54, 1.807) is 17.8 Å². The third kappa shape index (κ3) is 8.29. The fourth-order valence-corrected chi connectivity index (χ4v) is 3.50. The van der Waals surface area contributed by atoms with E-state index in [0.717, 1.165) is 29.7 Å². The van der Waals surface area contributed by atoms with Gasteiger partial charge < -0.3 is 5.11 Å². The van der Waals surface area contributed by atoms with Crippen molar-refractivity contribution in [2.75, 3.05) is 23.0 Å². The second kappa shape index (κ2) is 10.9. The molecular formula is C16H20F2OS2. The summed E-state index contributed by atoms with van der Waals surface area (Å²) in [6.07, 6.45) is 5.96. The highest BCUT2D eigenvalue weighted by atomic mass is 32.2. The summed E-state index contributed by atoms with van der Waals surface area (Å²) in [5.74, 6) is 2.09. The van der Waals surface area contributed by atoms with Crippen LogP contribution in [0.5, 0.6) is 0 Å². The van der Waals surface area contributed by atoms with Crippen LogP contribution in [0.1, 0.15) is 18.1 Å². The first kappa shape index (κ1) is 18.3. The summed E-state index contributed by atoms with van der Waals surface area (Å²) in [6.45, 7) is 3.60. The molecule has 0 saturated heterocycles. The lowest BCUT2D eigenvalue weighted by molar-refractivity contribution is 0.203. The minimum atomic E-state index is -0.830. The summed E-state index contributed by atoms with van der Waals surface area (Å²) in [5.41, 5.74) is 0.295. The highest BCUT2D eigenvalue weighted by Gasteiger charge is 2.10. The van der Waals surface area contributed by atoms with Crippen LogP contribution in [-0.2, 0) is 0 Å². The van der Waals surface area contributed by atoms with Crippen molar-refractivity contribution in [3.8, 4) is 0 Å². The van der Waals surface area contributed by atoms with Gasteiger partial charge >= 0.3 is 0 Å². The Balaban J connectivity index is 2.14. The topological polar surface area (TPSA) is 20.2 Å². The molecule has 1 rings (SSSR count). The Bertz CT molecular complexity index is 443. The van der Waals surface area contributed by atoms with E-state index < -0.39 is 17.7 Å². The van der Waals surface area contributed by atoms with E-state index in [9.17, 15) is 13.9 Å². The maximum Gasteiger partial charge on any atom is 0.126 e. The van der Waals surface area contributed by atoms with Gasteiger partial charge in [0, 0.05) is 17.6 Å². The minimum absolute atomic E-state index is 0.295. The van der Waals surface area contributed by atoms with Crippen LogP contribution in [-0.4, -0.2) is 28.1 Å². The normalized spacial score (nSPS) is 12.7. The fraction of sp³-hybridized carbons (Fsp3) is 0.375. The lowest BCUT2D eigenvalue weighted by Crippen LogP contribution is -2.03. The molecule has 1 aromatic rings. The number of benzene rings is 1. The zero-order valence-electron chi connectivity index (χ0n) is 11.8. The van der Waals surface area contributed by atoms with Crippen molar-refractivity contribution in [1.82, 2.24) is 0 Å². The van der Waals surface area contributed by atoms with Gasteiger partial charge in [0.05, 0.1) is 6.10 Å². The van der Waals surface area contributed by atoms with E-state index in [1.807, 2.05) is 17.8 Å². The van der Waals surface area contributed by atoms with E-state index in [2.05, 4.69) is 12.7 Å². The molecule has 0 aliphatic carbocycles. The molecule has 0 bridgehead atoms. The van der Waals surface area contributed by atoms with Gasteiger partial charge in [0.1, 0.15) is 11.6 Å². The Kier molecular flexibility index (Phi) is 9.46. The van der Waals surface area contributed by atoms with Gasteiger partial charge in [-0.2, -0.15) is 23.5 Å². The van der Waals surface area contributed by atoms with Gasteiger partial charge in [0.2, 0.25) is 0 Å². The summed E-state index contributed by atoms with van der Waals surface area (Å²) in [7, 11) is 0. The molecule has 1 unspecified atom stereocenters. The van der Waals surface area contributed by atoms with Crippen LogP contribution >= 0.6 is 23.5 Å². The van der Waals surface area contributed by atoms with Crippen LogP contribution in [0.3, 0.4) is 0 Å². The predicted octanol–water partition coefficient (Wildman–Crippen LogP) is 4.60. The van der Waals surface area contributed by atoms with Crippen LogP contribution in [0.15, 0.2) is 43.0 Å². The van der Waals surface area contributed by atoms with E-state index in [0.29, 0.717) is 11.3 Å². The van der Waals surface area contributed by atoms with Crippen molar-refractivity contribution in [2.45, 2.75) is 12.5 Å². The molecule has 116 valence electrons. The Morgan fingerprint density at radius 2 is 1.81 bits per heavy atom. The molecule has 1 N–H and O–H groups in total. The number of rotatable bonds is 10. The molecule has 0 radical (unpaired) electrons. The molecule has 0 saturated carbocycles. The molecule has 1 aromatic carbocycles. The van der Waals surface area contributed by atoms with Gasteiger partial charge in [-0.15, -0.1) is 0 Å². The second-order valence-corrected chi connectivity index (χ2v) is 6.69. The molecule has 0 fully saturated rings. The first-order chi connectivity index (χ1) is 10.1. The average Bonchev–Trinajstić information content (AvgIpc) is 2.44. The lowest BCUT2D eigenvalue weighted by atomic mass is 10.1. The highest BCUT2D eigenvalue weighted by molar-refractivity contribution is 8.00. The molecule has 0 amide bonds. The molecule has 0 spiro atoms. The summed E-state index contributed by atoms with van der Waals surface area (Å²) in [6, 6.07) is 3.16. The van der Waals surface area contributed by atoms with Gasteiger partial charge in [0.25, 0.3) is 0 Å². The smallest absolute Gasteiger partial charge is 0.126 e. The van der Waals surface area contributed by atoms with Gasteiger partial charge in [-0.25, -0.2) is 8.78 Å². The number of allylic oxidation sites excluding steroid dienone is 2. The quantitative estimate of drug-likeness (QED) is 0.500. The number of hydrogen-bond donors (Lipinski definition) is 1. The summed E-state index contributed by atoms with van der Waals surface area (Å²) < 4.78 is 26.1. The van der Waals surface area contributed by atoms with Crippen molar-refractivity contribution in [1.29, 1.82) is 0 Å².